The molecule has 1 fully saturated rings. The molecule has 0 radical (unpaired) electrons. The first-order chi connectivity index (χ1) is 26.5. The van der Waals surface area contributed by atoms with Crippen LogP contribution in [0.1, 0.15) is 116 Å². The van der Waals surface area contributed by atoms with E-state index in [2.05, 4.69) is 36.6 Å². The molecule has 15 heteroatoms. The Labute approximate surface area is 331 Å². The van der Waals surface area contributed by atoms with E-state index in [1.165, 1.54) is 0 Å². The Balaban J connectivity index is 1.57. The number of hydrogen-bond donors (Lipinski definition) is 7. The minimum atomic E-state index is -1.19. The number of benzene rings is 1. The third kappa shape index (κ3) is 16.5. The average molecular weight is 781 g/mol. The van der Waals surface area contributed by atoms with Gasteiger partial charge in [-0.25, -0.2) is 14.8 Å². The number of carbonyl (C=O) groups is 5. The van der Waals surface area contributed by atoms with Gasteiger partial charge in [-0.05, 0) is 57.9 Å². The monoisotopic (exact) mass is 780 g/mol. The molecule has 1 aliphatic carbocycles. The summed E-state index contributed by atoms with van der Waals surface area (Å²) >= 11 is 0. The zero-order valence-corrected chi connectivity index (χ0v) is 34.0. The number of anilines is 1. The number of nitrogen functional groups attached to an aromatic ring is 1. The summed E-state index contributed by atoms with van der Waals surface area (Å²) in [4.78, 5) is 73.8. The van der Waals surface area contributed by atoms with Crippen LogP contribution in [0.15, 0.2) is 36.5 Å². The van der Waals surface area contributed by atoms with E-state index in [-0.39, 0.29) is 50.0 Å². The molecule has 3 rings (SSSR count). The third-order valence-electron chi connectivity index (χ3n) is 9.97. The van der Waals surface area contributed by atoms with Crippen LogP contribution in [-0.2, 0) is 36.9 Å². The van der Waals surface area contributed by atoms with Crippen LogP contribution in [0.3, 0.4) is 0 Å². The number of aryl methyl sites for hydroxylation is 1. The number of ether oxygens (including phenoxy) is 1. The number of nitrogens with one attached hydrogen (secondary N) is 5. The van der Waals surface area contributed by atoms with E-state index in [9.17, 15) is 29.1 Å². The van der Waals surface area contributed by atoms with Crippen molar-refractivity contribution in [1.29, 1.82) is 0 Å². The Morgan fingerprint density at radius 3 is 2.30 bits per heavy atom. The van der Waals surface area contributed by atoms with Crippen molar-refractivity contribution in [1.82, 2.24) is 36.6 Å². The molecule has 1 heterocycles. The minimum Gasteiger partial charge on any atom is -0.444 e. The molecule has 56 heavy (non-hydrogen) atoms. The van der Waals surface area contributed by atoms with Gasteiger partial charge in [-0.1, -0.05) is 82.7 Å². The molecule has 0 spiro atoms. The first kappa shape index (κ1) is 45.6. The number of aliphatic hydroxyl groups is 1. The van der Waals surface area contributed by atoms with E-state index >= 15 is 0 Å². The average Bonchev–Trinajstić information content (AvgIpc) is 3.14. The fraction of sp³-hybridized carbons (Fsp3) is 0.634. The first-order valence-electron chi connectivity index (χ1n) is 20.0. The van der Waals surface area contributed by atoms with Gasteiger partial charge in [0.25, 0.3) is 0 Å². The standard InChI is InChI=1S/C41H64N8O7/c1-7-26(2)36(39(54)45-25-30-24-44-27(3)46-37(30)42)49-35(52)23-33(50)31(21-28-15-10-8-11-16-28)47-34(51)19-14-20-43-38(53)32(22-29-17-12-9-13-18-29)48-40(55)56-41(4,5)6/h9,12-13,17-18,24,26,28,31-33,36,50H,7-8,10-11,14-16,19-23,25H2,1-6H3,(H,43,53)(H,45,54)(H,47,51)(H,48,55)(H,49,52)(H2,42,44,46)/t26-,31-,32-,33-,36-/m0/s1. The Morgan fingerprint density at radius 2 is 1.66 bits per heavy atom. The first-order valence-corrected chi connectivity index (χ1v) is 20.0. The normalized spacial score (nSPS) is 16.0. The van der Waals surface area contributed by atoms with Gasteiger partial charge >= 0.3 is 6.09 Å². The Morgan fingerprint density at radius 1 is 0.964 bits per heavy atom. The van der Waals surface area contributed by atoms with Crippen LogP contribution in [0.5, 0.6) is 0 Å². The predicted molar refractivity (Wildman–Crippen MR) is 214 cm³/mol. The molecule has 0 aliphatic heterocycles. The largest absolute Gasteiger partial charge is 0.444 e. The summed E-state index contributed by atoms with van der Waals surface area (Å²) in [5, 5.41) is 25.4. The molecule has 1 aromatic heterocycles. The van der Waals surface area contributed by atoms with Crippen molar-refractivity contribution in [2.45, 2.75) is 149 Å². The summed E-state index contributed by atoms with van der Waals surface area (Å²) in [5.41, 5.74) is 6.66. The van der Waals surface area contributed by atoms with E-state index in [4.69, 9.17) is 10.5 Å². The van der Waals surface area contributed by atoms with Gasteiger partial charge in [0, 0.05) is 37.7 Å². The molecule has 0 bridgehead atoms. The Kier molecular flexibility index (Phi) is 18.5. The summed E-state index contributed by atoms with van der Waals surface area (Å²) in [6.07, 6.45) is 6.35. The Hall–Kier alpha value is -4.79. The predicted octanol–water partition coefficient (Wildman–Crippen LogP) is 3.75. The summed E-state index contributed by atoms with van der Waals surface area (Å²) in [7, 11) is 0. The quantitative estimate of drug-likeness (QED) is 0.0964. The van der Waals surface area contributed by atoms with Crippen molar-refractivity contribution in [3.8, 4) is 0 Å². The SMILES string of the molecule is CC[C@H](C)[C@H](NC(=O)C[C@H](O)[C@H](CC1CCCCC1)NC(=O)CCCNC(=O)[C@H](Cc1ccccc1)NC(=O)OC(C)(C)C)C(=O)NCc1cnc(C)nc1N. The van der Waals surface area contributed by atoms with Crippen molar-refractivity contribution < 1.29 is 33.8 Å². The second kappa shape index (κ2) is 22.7. The molecule has 1 aliphatic rings. The summed E-state index contributed by atoms with van der Waals surface area (Å²) < 4.78 is 5.37. The highest BCUT2D eigenvalue weighted by molar-refractivity contribution is 5.88. The number of rotatable bonds is 20. The van der Waals surface area contributed by atoms with Crippen molar-refractivity contribution in [2.75, 3.05) is 12.3 Å². The van der Waals surface area contributed by atoms with Gasteiger partial charge in [-0.15, -0.1) is 0 Å². The van der Waals surface area contributed by atoms with Crippen LogP contribution < -0.4 is 32.3 Å². The zero-order chi connectivity index (χ0) is 41.3. The maximum atomic E-state index is 13.3. The van der Waals surface area contributed by atoms with Gasteiger partial charge in [-0.3, -0.25) is 19.2 Å². The molecule has 310 valence electrons. The van der Waals surface area contributed by atoms with Crippen LogP contribution in [0, 0.1) is 18.8 Å². The highest BCUT2D eigenvalue weighted by Crippen LogP contribution is 2.28. The smallest absolute Gasteiger partial charge is 0.408 e. The molecule has 0 unspecified atom stereocenters. The number of nitrogens with two attached hydrogens (primary N) is 1. The van der Waals surface area contributed by atoms with Gasteiger partial charge < -0.3 is 42.2 Å². The van der Waals surface area contributed by atoms with Crippen LogP contribution in [0.2, 0.25) is 0 Å². The molecule has 5 atom stereocenters. The number of nitrogens with zero attached hydrogens (tertiary/aromatic N) is 2. The second-order valence-electron chi connectivity index (χ2n) is 15.9. The number of carbonyl (C=O) groups excluding carboxylic acids is 5. The lowest BCUT2D eigenvalue weighted by molar-refractivity contribution is -0.132. The molecular weight excluding hydrogens is 716 g/mol. The van der Waals surface area contributed by atoms with Gasteiger partial charge in [0.1, 0.15) is 29.3 Å². The van der Waals surface area contributed by atoms with Crippen molar-refractivity contribution in [3.05, 3.63) is 53.5 Å². The number of hydrogen-bond acceptors (Lipinski definition) is 10. The lowest BCUT2D eigenvalue weighted by atomic mass is 9.83. The number of amides is 5. The molecule has 8 N–H and O–H groups in total. The maximum Gasteiger partial charge on any atom is 0.408 e. The van der Waals surface area contributed by atoms with E-state index < -0.39 is 53.6 Å². The topological polar surface area (TPSA) is 227 Å². The van der Waals surface area contributed by atoms with Crippen LogP contribution in [0.4, 0.5) is 10.6 Å². The summed E-state index contributed by atoms with van der Waals surface area (Å²) in [6, 6.07) is 6.87. The number of aliphatic hydroxyl groups excluding tert-OH is 1. The molecule has 1 saturated carbocycles. The zero-order valence-electron chi connectivity index (χ0n) is 34.0. The van der Waals surface area contributed by atoms with Crippen molar-refractivity contribution in [2.24, 2.45) is 11.8 Å². The van der Waals surface area contributed by atoms with E-state index in [0.717, 1.165) is 37.7 Å². The lowest BCUT2D eigenvalue weighted by Crippen LogP contribution is -2.52. The van der Waals surface area contributed by atoms with Crippen molar-refractivity contribution in [3.63, 3.8) is 0 Å². The molecule has 5 amide bonds. The number of alkyl carbamates (subject to hydrolysis) is 1. The van der Waals surface area contributed by atoms with Gasteiger partial charge in [-0.2, -0.15) is 0 Å². The fourth-order valence-electron chi connectivity index (χ4n) is 6.67. The third-order valence-corrected chi connectivity index (χ3v) is 9.97. The van der Waals surface area contributed by atoms with E-state index in [1.54, 1.807) is 33.9 Å². The molecule has 1 aromatic carbocycles. The van der Waals surface area contributed by atoms with E-state index in [0.29, 0.717) is 36.6 Å². The molecule has 15 nitrogen and oxygen atoms in total. The van der Waals surface area contributed by atoms with Crippen LogP contribution in [-0.4, -0.2) is 81.2 Å². The maximum absolute atomic E-state index is 13.3. The summed E-state index contributed by atoms with van der Waals surface area (Å²) in [6.45, 7) is 11.0. The highest BCUT2D eigenvalue weighted by atomic mass is 16.6. The lowest BCUT2D eigenvalue weighted by Gasteiger charge is -2.30. The van der Waals surface area contributed by atoms with Crippen molar-refractivity contribution >= 4 is 35.5 Å². The van der Waals surface area contributed by atoms with Crippen LogP contribution in [0.25, 0.3) is 0 Å². The fourth-order valence-corrected chi connectivity index (χ4v) is 6.67. The summed E-state index contributed by atoms with van der Waals surface area (Å²) in [5.74, 6) is -0.759. The van der Waals surface area contributed by atoms with Crippen LogP contribution >= 0.6 is 0 Å². The number of aromatic nitrogens is 2. The molecular formula is C41H64N8O7. The minimum absolute atomic E-state index is 0.0655. The van der Waals surface area contributed by atoms with Gasteiger partial charge in [0.05, 0.1) is 18.6 Å². The van der Waals surface area contributed by atoms with Gasteiger partial charge in [0.15, 0.2) is 0 Å². The molecule has 0 saturated heterocycles. The second-order valence-corrected chi connectivity index (χ2v) is 15.9. The molecule has 2 aromatic rings. The highest BCUT2D eigenvalue weighted by Gasteiger charge is 2.31. The van der Waals surface area contributed by atoms with Gasteiger partial charge in [0.2, 0.25) is 23.6 Å². The Bertz CT molecular complexity index is 1580. The van der Waals surface area contributed by atoms with E-state index in [1.807, 2.05) is 44.2 Å².